The predicted molar refractivity (Wildman–Crippen MR) is 81.5 cm³/mol. The van der Waals surface area contributed by atoms with Crippen molar-refractivity contribution in [1.82, 2.24) is 0 Å². The van der Waals surface area contributed by atoms with E-state index in [2.05, 4.69) is 21.2 Å². The monoisotopic (exact) mass is 319 g/mol. The zero-order valence-corrected chi connectivity index (χ0v) is 12.0. The van der Waals surface area contributed by atoms with Gasteiger partial charge >= 0.3 is 0 Å². The van der Waals surface area contributed by atoms with Crippen molar-refractivity contribution in [1.29, 1.82) is 0 Å². The molecule has 0 aliphatic heterocycles. The maximum Gasteiger partial charge on any atom is 0.250 e. The number of hydrogen-bond donors (Lipinski definition) is 3. The fourth-order valence-electron chi connectivity index (χ4n) is 1.79. The fraction of sp³-hybridized carbons (Fsp3) is 0.0714. The Balaban J connectivity index is 2.49. The second-order valence-electron chi connectivity index (χ2n) is 4.17. The zero-order chi connectivity index (χ0) is 14.0. The van der Waals surface area contributed by atoms with Gasteiger partial charge in [-0.3, -0.25) is 4.79 Å². The second-order valence-corrected chi connectivity index (χ2v) is 5.03. The van der Waals surface area contributed by atoms with Crippen molar-refractivity contribution >= 4 is 38.9 Å². The van der Waals surface area contributed by atoms with E-state index in [1.807, 2.05) is 25.1 Å². The standard InChI is InChI=1S/C14H14BrN3O/c1-8-10(15)5-3-7-12(8)18-13-9(14(17)19)4-2-6-11(13)16/h2-7,18H,16H2,1H3,(H2,17,19). The van der Waals surface area contributed by atoms with Gasteiger partial charge in [0.15, 0.2) is 0 Å². The van der Waals surface area contributed by atoms with Crippen LogP contribution in [-0.4, -0.2) is 5.91 Å². The number of carbonyl (C=O) groups excluding carboxylic acids is 1. The summed E-state index contributed by atoms with van der Waals surface area (Å²) < 4.78 is 0.979. The zero-order valence-electron chi connectivity index (χ0n) is 10.4. The van der Waals surface area contributed by atoms with Crippen LogP contribution in [0.4, 0.5) is 17.1 Å². The van der Waals surface area contributed by atoms with Gasteiger partial charge in [0, 0.05) is 10.2 Å². The van der Waals surface area contributed by atoms with E-state index in [1.165, 1.54) is 0 Å². The molecule has 0 aliphatic rings. The number of carbonyl (C=O) groups is 1. The summed E-state index contributed by atoms with van der Waals surface area (Å²) in [4.78, 5) is 11.4. The van der Waals surface area contributed by atoms with E-state index in [9.17, 15) is 4.79 Å². The molecule has 0 unspecified atom stereocenters. The van der Waals surface area contributed by atoms with Crippen molar-refractivity contribution in [2.75, 3.05) is 11.1 Å². The van der Waals surface area contributed by atoms with E-state index in [0.29, 0.717) is 16.9 Å². The number of nitrogen functional groups attached to an aromatic ring is 1. The molecule has 0 bridgehead atoms. The van der Waals surface area contributed by atoms with Gasteiger partial charge in [0.05, 0.1) is 16.9 Å². The third-order valence-corrected chi connectivity index (χ3v) is 3.75. The molecule has 0 atom stereocenters. The van der Waals surface area contributed by atoms with Crippen LogP contribution >= 0.6 is 15.9 Å². The van der Waals surface area contributed by atoms with Crippen molar-refractivity contribution in [2.24, 2.45) is 5.73 Å². The van der Waals surface area contributed by atoms with Crippen molar-refractivity contribution < 1.29 is 4.79 Å². The Bertz CT molecular complexity index is 641. The molecular formula is C14H14BrN3O. The molecule has 0 aliphatic carbocycles. The number of anilines is 3. The van der Waals surface area contributed by atoms with E-state index in [0.717, 1.165) is 15.7 Å². The highest BCUT2D eigenvalue weighted by atomic mass is 79.9. The third kappa shape index (κ3) is 2.71. The van der Waals surface area contributed by atoms with Crippen molar-refractivity contribution in [3.63, 3.8) is 0 Å². The lowest BCUT2D eigenvalue weighted by Gasteiger charge is -2.15. The molecule has 0 radical (unpaired) electrons. The smallest absolute Gasteiger partial charge is 0.250 e. The molecule has 2 rings (SSSR count). The van der Waals surface area contributed by atoms with Gasteiger partial charge < -0.3 is 16.8 Å². The van der Waals surface area contributed by atoms with Gasteiger partial charge in [-0.2, -0.15) is 0 Å². The lowest BCUT2D eigenvalue weighted by molar-refractivity contribution is 0.100. The van der Waals surface area contributed by atoms with E-state index in [1.54, 1.807) is 18.2 Å². The minimum Gasteiger partial charge on any atom is -0.397 e. The molecule has 5 N–H and O–H groups in total. The summed E-state index contributed by atoms with van der Waals surface area (Å²) in [6, 6.07) is 10.8. The number of primary amides is 1. The number of nitrogens with one attached hydrogen (secondary N) is 1. The molecule has 2 aromatic carbocycles. The van der Waals surface area contributed by atoms with Gasteiger partial charge in [0.1, 0.15) is 0 Å². The molecular weight excluding hydrogens is 306 g/mol. The largest absolute Gasteiger partial charge is 0.397 e. The van der Waals surface area contributed by atoms with Crippen LogP contribution in [-0.2, 0) is 0 Å². The first-order chi connectivity index (χ1) is 9.00. The molecule has 5 heteroatoms. The average molecular weight is 320 g/mol. The van der Waals surface area contributed by atoms with Crippen LogP contribution in [0.15, 0.2) is 40.9 Å². The highest BCUT2D eigenvalue weighted by Crippen LogP contribution is 2.31. The van der Waals surface area contributed by atoms with Gasteiger partial charge in [-0.05, 0) is 36.8 Å². The van der Waals surface area contributed by atoms with Crippen LogP contribution < -0.4 is 16.8 Å². The summed E-state index contributed by atoms with van der Waals surface area (Å²) in [5.74, 6) is -0.512. The van der Waals surface area contributed by atoms with Crippen LogP contribution in [0.5, 0.6) is 0 Å². The van der Waals surface area contributed by atoms with Gasteiger partial charge in [-0.1, -0.05) is 28.1 Å². The summed E-state index contributed by atoms with van der Waals surface area (Å²) >= 11 is 3.46. The molecule has 0 aromatic heterocycles. The highest BCUT2D eigenvalue weighted by Gasteiger charge is 2.12. The van der Waals surface area contributed by atoms with Crippen LogP contribution in [0.25, 0.3) is 0 Å². The summed E-state index contributed by atoms with van der Waals surface area (Å²) in [6.07, 6.45) is 0. The topological polar surface area (TPSA) is 81.1 Å². The normalized spacial score (nSPS) is 10.2. The van der Waals surface area contributed by atoms with E-state index in [4.69, 9.17) is 11.5 Å². The van der Waals surface area contributed by atoms with Gasteiger partial charge in [-0.25, -0.2) is 0 Å². The Morgan fingerprint density at radius 3 is 2.58 bits per heavy atom. The summed E-state index contributed by atoms with van der Waals surface area (Å²) in [7, 11) is 0. The van der Waals surface area contributed by atoms with E-state index >= 15 is 0 Å². The number of hydrogen-bond acceptors (Lipinski definition) is 3. The molecule has 1 amide bonds. The Morgan fingerprint density at radius 2 is 1.89 bits per heavy atom. The highest BCUT2D eigenvalue weighted by molar-refractivity contribution is 9.10. The molecule has 0 heterocycles. The van der Waals surface area contributed by atoms with Crippen molar-refractivity contribution in [3.05, 3.63) is 52.0 Å². The van der Waals surface area contributed by atoms with Crippen LogP contribution in [0.1, 0.15) is 15.9 Å². The molecule has 4 nitrogen and oxygen atoms in total. The first-order valence-electron chi connectivity index (χ1n) is 5.71. The molecule has 19 heavy (non-hydrogen) atoms. The van der Waals surface area contributed by atoms with Gasteiger partial charge in [-0.15, -0.1) is 0 Å². The van der Waals surface area contributed by atoms with Gasteiger partial charge in [0.2, 0.25) is 0 Å². The number of benzene rings is 2. The Kier molecular flexibility index (Phi) is 3.76. The molecule has 98 valence electrons. The Labute approximate surface area is 119 Å². The molecule has 0 fully saturated rings. The lowest BCUT2D eigenvalue weighted by atomic mass is 10.1. The first-order valence-corrected chi connectivity index (χ1v) is 6.50. The van der Waals surface area contributed by atoms with Crippen LogP contribution in [0.2, 0.25) is 0 Å². The number of amides is 1. The molecule has 0 spiro atoms. The Hall–Kier alpha value is -2.01. The Morgan fingerprint density at radius 1 is 1.21 bits per heavy atom. The SMILES string of the molecule is Cc1c(Br)cccc1Nc1c(N)cccc1C(N)=O. The first kappa shape index (κ1) is 13.4. The third-order valence-electron chi connectivity index (χ3n) is 2.89. The fourth-order valence-corrected chi connectivity index (χ4v) is 2.16. The molecule has 0 saturated heterocycles. The van der Waals surface area contributed by atoms with Crippen molar-refractivity contribution in [2.45, 2.75) is 6.92 Å². The van der Waals surface area contributed by atoms with Crippen LogP contribution in [0.3, 0.4) is 0 Å². The molecule has 2 aromatic rings. The lowest BCUT2D eigenvalue weighted by Crippen LogP contribution is -2.14. The minimum absolute atomic E-state index is 0.374. The second kappa shape index (κ2) is 5.32. The van der Waals surface area contributed by atoms with Crippen molar-refractivity contribution in [3.8, 4) is 0 Å². The number of halogens is 1. The van der Waals surface area contributed by atoms with E-state index in [-0.39, 0.29) is 0 Å². The minimum atomic E-state index is -0.512. The quantitative estimate of drug-likeness (QED) is 0.760. The number of rotatable bonds is 3. The molecule has 0 saturated carbocycles. The predicted octanol–water partition coefficient (Wildman–Crippen LogP) is 3.18. The summed E-state index contributed by atoms with van der Waals surface area (Å²) in [5.41, 5.74) is 14.6. The van der Waals surface area contributed by atoms with E-state index < -0.39 is 5.91 Å². The summed E-state index contributed by atoms with van der Waals surface area (Å²) in [5, 5.41) is 3.18. The average Bonchev–Trinajstić information content (AvgIpc) is 2.36. The number of nitrogens with two attached hydrogens (primary N) is 2. The van der Waals surface area contributed by atoms with Crippen LogP contribution in [0, 0.1) is 6.92 Å². The maximum absolute atomic E-state index is 11.4. The number of para-hydroxylation sites is 1. The maximum atomic E-state index is 11.4. The summed E-state index contributed by atoms with van der Waals surface area (Å²) in [6.45, 7) is 1.97. The van der Waals surface area contributed by atoms with Gasteiger partial charge in [0.25, 0.3) is 5.91 Å².